The van der Waals surface area contributed by atoms with Crippen LogP contribution >= 0.6 is 11.3 Å². The molecule has 22 heavy (non-hydrogen) atoms. The number of carbonyl (C=O) groups is 1. The van der Waals surface area contributed by atoms with Crippen LogP contribution in [0.2, 0.25) is 0 Å². The zero-order chi connectivity index (χ0) is 15.9. The maximum absolute atomic E-state index is 12.5. The van der Waals surface area contributed by atoms with Crippen LogP contribution < -0.4 is 5.32 Å². The van der Waals surface area contributed by atoms with E-state index < -0.39 is 12.1 Å². The number of hydrogen-bond donors (Lipinski definition) is 1. The first-order valence-electron chi connectivity index (χ1n) is 6.06. The first kappa shape index (κ1) is 14.5. The molecule has 0 spiro atoms. The molecule has 0 fully saturated rings. The lowest BCUT2D eigenvalue weighted by molar-refractivity contribution is -0.159. The minimum Gasteiger partial charge on any atom is -0.354 e. The van der Waals surface area contributed by atoms with E-state index in [9.17, 15) is 18.0 Å². The summed E-state index contributed by atoms with van der Waals surface area (Å²) in [6.07, 6.45) is -4.69. The van der Waals surface area contributed by atoms with Gasteiger partial charge < -0.3 is 9.84 Å². The third-order valence-electron chi connectivity index (χ3n) is 2.92. The number of benzene rings is 1. The number of amides is 1. The Morgan fingerprint density at radius 3 is 2.77 bits per heavy atom. The van der Waals surface area contributed by atoms with Gasteiger partial charge in [-0.05, 0) is 12.1 Å². The van der Waals surface area contributed by atoms with Crippen molar-refractivity contribution < 1.29 is 22.5 Å². The number of carbonyl (C=O) groups excluding carboxylic acids is 1. The third-order valence-corrected chi connectivity index (χ3v) is 4.02. The number of aromatic nitrogens is 2. The molecule has 0 aliphatic heterocycles. The third kappa shape index (κ3) is 2.43. The van der Waals surface area contributed by atoms with Crippen molar-refractivity contribution in [2.24, 2.45) is 0 Å². The molecule has 0 radical (unpaired) electrons. The van der Waals surface area contributed by atoms with Crippen molar-refractivity contribution in [1.82, 2.24) is 15.5 Å². The van der Waals surface area contributed by atoms with Gasteiger partial charge in [0.25, 0.3) is 5.91 Å². The summed E-state index contributed by atoms with van der Waals surface area (Å²) in [6, 6.07) is 6.59. The molecule has 2 heterocycles. The molecular formula is C13H8F3N3O2S. The number of hydrogen-bond acceptors (Lipinski definition) is 5. The molecule has 0 saturated heterocycles. The molecular weight excluding hydrogens is 319 g/mol. The van der Waals surface area contributed by atoms with Crippen molar-refractivity contribution in [3.63, 3.8) is 0 Å². The molecule has 9 heteroatoms. The molecule has 114 valence electrons. The van der Waals surface area contributed by atoms with E-state index in [1.54, 1.807) is 24.3 Å². The quantitative estimate of drug-likeness (QED) is 0.784. The molecule has 0 atom stereocenters. The van der Waals surface area contributed by atoms with Crippen LogP contribution in [0.4, 0.5) is 13.2 Å². The fourth-order valence-corrected chi connectivity index (χ4v) is 2.97. The number of fused-ring (bicyclic) bond motifs is 1. The van der Waals surface area contributed by atoms with Crippen molar-refractivity contribution in [1.29, 1.82) is 0 Å². The molecule has 1 amide bonds. The van der Waals surface area contributed by atoms with E-state index in [4.69, 9.17) is 0 Å². The Kier molecular flexibility index (Phi) is 3.36. The lowest BCUT2D eigenvalue weighted by Gasteiger charge is -1.97. The molecule has 1 N–H and O–H groups in total. The molecule has 2 aromatic heterocycles. The van der Waals surface area contributed by atoms with Gasteiger partial charge in [-0.25, -0.2) is 0 Å². The first-order valence-corrected chi connectivity index (χ1v) is 6.87. The van der Waals surface area contributed by atoms with Crippen molar-refractivity contribution in [3.8, 4) is 11.4 Å². The second kappa shape index (κ2) is 5.09. The Balaban J connectivity index is 2.13. The molecule has 0 aliphatic carbocycles. The predicted octanol–water partition coefficient (Wildman–Crippen LogP) is 3.33. The highest BCUT2D eigenvalue weighted by Crippen LogP contribution is 2.35. The summed E-state index contributed by atoms with van der Waals surface area (Å²) in [6.45, 7) is 0. The molecule has 0 bridgehead atoms. The second-order valence-electron chi connectivity index (χ2n) is 4.33. The summed E-state index contributed by atoms with van der Waals surface area (Å²) in [7, 11) is 1.50. The summed E-state index contributed by atoms with van der Waals surface area (Å²) >= 11 is 1.23. The Labute approximate surface area is 125 Å². The van der Waals surface area contributed by atoms with Gasteiger partial charge >= 0.3 is 12.1 Å². The van der Waals surface area contributed by atoms with Gasteiger partial charge in [0.1, 0.15) is 0 Å². The number of alkyl halides is 3. The van der Waals surface area contributed by atoms with Crippen LogP contribution in [0.15, 0.2) is 28.8 Å². The molecule has 5 nitrogen and oxygen atoms in total. The van der Waals surface area contributed by atoms with Crippen LogP contribution in [0.1, 0.15) is 15.6 Å². The summed E-state index contributed by atoms with van der Waals surface area (Å²) < 4.78 is 42.6. The van der Waals surface area contributed by atoms with Crippen molar-refractivity contribution >= 4 is 27.3 Å². The van der Waals surface area contributed by atoms with Crippen LogP contribution in [0.3, 0.4) is 0 Å². The number of halogens is 3. The fraction of sp³-hybridized carbons (Fsp3) is 0.154. The van der Waals surface area contributed by atoms with E-state index >= 15 is 0 Å². The van der Waals surface area contributed by atoms with Crippen LogP contribution in [0, 0.1) is 0 Å². The number of nitrogens with zero attached hydrogens (tertiary/aromatic N) is 2. The van der Waals surface area contributed by atoms with Crippen LogP contribution in [-0.4, -0.2) is 23.1 Å². The monoisotopic (exact) mass is 327 g/mol. The van der Waals surface area contributed by atoms with Gasteiger partial charge in [0, 0.05) is 22.7 Å². The average molecular weight is 327 g/mol. The molecule has 3 aromatic rings. The summed E-state index contributed by atoms with van der Waals surface area (Å²) in [5.41, 5.74) is 0.378. The predicted molar refractivity (Wildman–Crippen MR) is 73.5 cm³/mol. The largest absolute Gasteiger partial charge is 0.471 e. The van der Waals surface area contributed by atoms with Gasteiger partial charge in [0.15, 0.2) is 0 Å². The standard InChI is InChI=1S/C13H8F3N3O2S/c1-17-11(20)9-5-7-6(3-2-4-8(7)22-9)10-18-12(21-19-10)13(14,15)16/h2-5H,1H3,(H,17,20). The molecule has 0 unspecified atom stereocenters. The van der Waals surface area contributed by atoms with Crippen molar-refractivity contribution in [2.45, 2.75) is 6.18 Å². The van der Waals surface area contributed by atoms with Crippen LogP contribution in [0.25, 0.3) is 21.5 Å². The lowest BCUT2D eigenvalue weighted by Crippen LogP contribution is -2.15. The topological polar surface area (TPSA) is 68.0 Å². The first-order chi connectivity index (χ1) is 10.4. The number of rotatable bonds is 2. The smallest absolute Gasteiger partial charge is 0.354 e. The summed E-state index contributed by atoms with van der Waals surface area (Å²) in [5.74, 6) is -1.84. The van der Waals surface area contributed by atoms with Crippen LogP contribution in [0.5, 0.6) is 0 Å². The van der Waals surface area contributed by atoms with E-state index in [0.29, 0.717) is 15.8 Å². The van der Waals surface area contributed by atoms with Gasteiger partial charge in [0.05, 0.1) is 4.88 Å². The van der Waals surface area contributed by atoms with Gasteiger partial charge in [-0.1, -0.05) is 17.3 Å². The van der Waals surface area contributed by atoms with E-state index in [1.165, 1.54) is 18.4 Å². The van der Waals surface area contributed by atoms with Gasteiger partial charge in [-0.15, -0.1) is 11.3 Å². The normalized spacial score (nSPS) is 11.8. The maximum atomic E-state index is 12.5. The van der Waals surface area contributed by atoms with E-state index in [2.05, 4.69) is 20.0 Å². The van der Waals surface area contributed by atoms with Crippen LogP contribution in [-0.2, 0) is 6.18 Å². The summed E-state index contributed by atoms with van der Waals surface area (Å²) in [4.78, 5) is 15.5. The Bertz CT molecular complexity index is 854. The Hall–Kier alpha value is -2.42. The second-order valence-corrected chi connectivity index (χ2v) is 5.41. The van der Waals surface area contributed by atoms with Crippen molar-refractivity contribution in [2.75, 3.05) is 7.05 Å². The Morgan fingerprint density at radius 2 is 2.14 bits per heavy atom. The van der Waals surface area contributed by atoms with E-state index in [1.807, 2.05) is 0 Å². The molecule has 3 rings (SSSR count). The fourth-order valence-electron chi connectivity index (χ4n) is 1.94. The van der Waals surface area contributed by atoms with Gasteiger partial charge in [-0.2, -0.15) is 18.2 Å². The SMILES string of the molecule is CNC(=O)c1cc2c(-c3noc(C(F)(F)F)n3)cccc2s1. The van der Waals surface area contributed by atoms with Crippen molar-refractivity contribution in [3.05, 3.63) is 35.0 Å². The van der Waals surface area contributed by atoms with E-state index in [0.717, 1.165) is 4.70 Å². The maximum Gasteiger partial charge on any atom is 0.471 e. The highest BCUT2D eigenvalue weighted by Gasteiger charge is 2.38. The minimum absolute atomic E-state index is 0.167. The van der Waals surface area contributed by atoms with E-state index in [-0.39, 0.29) is 11.7 Å². The molecule has 0 aliphatic rings. The lowest BCUT2D eigenvalue weighted by atomic mass is 10.1. The average Bonchev–Trinajstić information content (AvgIpc) is 3.11. The van der Waals surface area contributed by atoms with Gasteiger partial charge in [-0.3, -0.25) is 4.79 Å². The summed E-state index contributed by atoms with van der Waals surface area (Å²) in [5, 5.41) is 6.47. The molecule has 1 aromatic carbocycles. The zero-order valence-corrected chi connectivity index (χ0v) is 11.9. The Morgan fingerprint density at radius 1 is 1.36 bits per heavy atom. The van der Waals surface area contributed by atoms with Gasteiger partial charge in [0.2, 0.25) is 5.82 Å². The minimum atomic E-state index is -4.69. The highest BCUT2D eigenvalue weighted by molar-refractivity contribution is 7.20. The number of nitrogens with one attached hydrogen (secondary N) is 1. The molecule has 0 saturated carbocycles. The zero-order valence-electron chi connectivity index (χ0n) is 11.1. The number of thiophene rings is 1. The highest BCUT2D eigenvalue weighted by atomic mass is 32.1.